The van der Waals surface area contributed by atoms with E-state index in [0.717, 1.165) is 11.8 Å². The van der Waals surface area contributed by atoms with Crippen molar-refractivity contribution in [1.29, 1.82) is 0 Å². The van der Waals surface area contributed by atoms with E-state index < -0.39 is 0 Å². The molecule has 1 aromatic carbocycles. The van der Waals surface area contributed by atoms with Crippen molar-refractivity contribution in [2.45, 2.75) is 0 Å². The number of fused-ring (bicyclic) bond motifs is 1. The van der Waals surface area contributed by atoms with Gasteiger partial charge in [0.05, 0.1) is 17.3 Å². The van der Waals surface area contributed by atoms with Crippen molar-refractivity contribution < 1.29 is 9.18 Å². The molecule has 1 aliphatic heterocycles. The number of hydrogen-bond acceptors (Lipinski definition) is 3. The summed E-state index contributed by atoms with van der Waals surface area (Å²) < 4.78 is 12.8. The van der Waals surface area contributed by atoms with E-state index in [1.54, 1.807) is 24.3 Å². The number of carbonyl (C=O) groups is 1. The molecule has 1 unspecified atom stereocenters. The zero-order chi connectivity index (χ0) is 12.5. The first-order valence-electron chi connectivity index (χ1n) is 5.55. The Bertz CT molecular complexity index is 633. The molecule has 0 fully saturated rings. The number of hydrogen-bond donors (Lipinski definition) is 0. The predicted octanol–water partition coefficient (Wildman–Crippen LogP) is 3.14. The lowest BCUT2D eigenvalue weighted by Crippen LogP contribution is -2.15. The highest BCUT2D eigenvalue weighted by Crippen LogP contribution is 2.23. The van der Waals surface area contributed by atoms with E-state index in [0.29, 0.717) is 17.2 Å². The third-order valence-corrected chi connectivity index (χ3v) is 2.85. The van der Waals surface area contributed by atoms with Crippen molar-refractivity contribution in [1.82, 2.24) is 0 Å². The van der Waals surface area contributed by atoms with Crippen LogP contribution in [0.15, 0.2) is 58.2 Å². The van der Waals surface area contributed by atoms with Crippen LogP contribution in [0.3, 0.4) is 0 Å². The second-order valence-corrected chi connectivity index (χ2v) is 4.04. The lowest BCUT2D eigenvalue weighted by Gasteiger charge is -2.08. The summed E-state index contributed by atoms with van der Waals surface area (Å²) in [4.78, 5) is 19.6. The van der Waals surface area contributed by atoms with Gasteiger partial charge in [-0.25, -0.2) is 14.4 Å². The first kappa shape index (κ1) is 16.3. The van der Waals surface area contributed by atoms with Gasteiger partial charge in [0, 0.05) is 5.56 Å². The minimum Gasteiger partial charge on any atom is -0.302 e. The zero-order valence-corrected chi connectivity index (χ0v) is 11.8. The number of halogens is 3. The van der Waals surface area contributed by atoms with Crippen molar-refractivity contribution in [3.05, 3.63) is 59.6 Å². The lowest BCUT2D eigenvalue weighted by atomic mass is 9.98. The van der Waals surface area contributed by atoms with Gasteiger partial charge in [-0.1, -0.05) is 12.2 Å². The van der Waals surface area contributed by atoms with E-state index >= 15 is 0 Å². The molecular formula is C14H11Cl2FN2O. The average molecular weight is 313 g/mol. The van der Waals surface area contributed by atoms with Crippen molar-refractivity contribution >= 4 is 42.6 Å². The molecule has 104 valence electrons. The van der Waals surface area contributed by atoms with Crippen LogP contribution in [0.2, 0.25) is 0 Å². The van der Waals surface area contributed by atoms with Crippen LogP contribution in [-0.4, -0.2) is 17.8 Å². The number of nitrogens with zero attached hydrogens (tertiary/aromatic N) is 2. The monoisotopic (exact) mass is 312 g/mol. The molecular weight excluding hydrogens is 302 g/mol. The van der Waals surface area contributed by atoms with Crippen molar-refractivity contribution in [3.63, 3.8) is 0 Å². The fraction of sp³-hybridized carbons (Fsp3) is 0.0714. The summed E-state index contributed by atoms with van der Waals surface area (Å²) in [7, 11) is 0. The Morgan fingerprint density at radius 3 is 2.45 bits per heavy atom. The third kappa shape index (κ3) is 2.86. The maximum absolute atomic E-state index is 12.8. The number of aldehydes is 1. The topological polar surface area (TPSA) is 41.8 Å². The van der Waals surface area contributed by atoms with E-state index in [4.69, 9.17) is 0 Å². The van der Waals surface area contributed by atoms with Crippen LogP contribution >= 0.6 is 24.8 Å². The van der Waals surface area contributed by atoms with E-state index in [2.05, 4.69) is 9.98 Å². The highest BCUT2D eigenvalue weighted by atomic mass is 35.5. The van der Waals surface area contributed by atoms with Crippen LogP contribution in [0.25, 0.3) is 0 Å². The number of amidine groups is 1. The smallest absolute Gasteiger partial charge is 0.160 e. The van der Waals surface area contributed by atoms with Crippen LogP contribution in [0.1, 0.15) is 5.56 Å². The first-order chi connectivity index (χ1) is 8.78. The SMILES string of the molecule is Cl.Cl.O=CC1C=CC=C2N=C(c3ccc(F)cc3)N=C21. The summed E-state index contributed by atoms with van der Waals surface area (Å²) in [5, 5.41) is 0. The fourth-order valence-corrected chi connectivity index (χ4v) is 1.93. The van der Waals surface area contributed by atoms with Gasteiger partial charge in [-0.05, 0) is 30.3 Å². The van der Waals surface area contributed by atoms with Gasteiger partial charge in [-0.3, -0.25) is 0 Å². The second kappa shape index (κ2) is 6.59. The maximum atomic E-state index is 12.8. The van der Waals surface area contributed by atoms with Crippen molar-refractivity contribution in [2.75, 3.05) is 0 Å². The lowest BCUT2D eigenvalue weighted by molar-refractivity contribution is -0.108. The molecule has 0 N–H and O–H groups in total. The minimum absolute atomic E-state index is 0. The molecule has 0 saturated heterocycles. The Labute approximate surface area is 127 Å². The third-order valence-electron chi connectivity index (χ3n) is 2.85. The standard InChI is InChI=1S/C14H9FN2O.2ClH/c15-11-6-4-9(5-7-11)14-16-12-3-1-2-10(8-18)13(12)17-14;;/h1-8,10H;2*1H. The number of benzene rings is 1. The molecule has 3 nitrogen and oxygen atoms in total. The van der Waals surface area contributed by atoms with Crippen LogP contribution in [0.4, 0.5) is 4.39 Å². The normalized spacial score (nSPS) is 18.9. The molecule has 1 atom stereocenters. The Hall–Kier alpha value is -1.78. The summed E-state index contributed by atoms with van der Waals surface area (Å²) in [5.74, 6) is -0.118. The Morgan fingerprint density at radius 2 is 1.80 bits per heavy atom. The number of rotatable bonds is 2. The van der Waals surface area contributed by atoms with Gasteiger partial charge >= 0.3 is 0 Å². The molecule has 6 heteroatoms. The van der Waals surface area contributed by atoms with Crippen molar-refractivity contribution in [2.24, 2.45) is 15.9 Å². The van der Waals surface area contributed by atoms with Crippen LogP contribution < -0.4 is 0 Å². The Kier molecular flexibility index (Phi) is 5.36. The molecule has 1 aromatic rings. The van der Waals surface area contributed by atoms with Gasteiger partial charge in [0.25, 0.3) is 0 Å². The number of carbonyl (C=O) groups excluding carboxylic acids is 1. The van der Waals surface area contributed by atoms with Gasteiger partial charge in [-0.2, -0.15) is 0 Å². The molecule has 0 aromatic heterocycles. The highest BCUT2D eigenvalue weighted by Gasteiger charge is 2.25. The Balaban J connectivity index is 0.000001000. The van der Waals surface area contributed by atoms with Gasteiger partial charge in [0.15, 0.2) is 5.84 Å². The van der Waals surface area contributed by atoms with Crippen LogP contribution in [0.5, 0.6) is 0 Å². The second-order valence-electron chi connectivity index (χ2n) is 4.04. The predicted molar refractivity (Wildman–Crippen MR) is 81.6 cm³/mol. The number of allylic oxidation sites excluding steroid dienone is 4. The van der Waals surface area contributed by atoms with Gasteiger partial charge in [0.1, 0.15) is 12.1 Å². The van der Waals surface area contributed by atoms with E-state index in [1.165, 1.54) is 12.1 Å². The quantitative estimate of drug-likeness (QED) is 0.773. The highest BCUT2D eigenvalue weighted by molar-refractivity contribution is 6.22. The summed E-state index contributed by atoms with van der Waals surface area (Å²) in [6.45, 7) is 0. The van der Waals surface area contributed by atoms with Crippen LogP contribution in [0, 0.1) is 11.7 Å². The maximum Gasteiger partial charge on any atom is 0.160 e. The molecule has 1 heterocycles. The van der Waals surface area contributed by atoms with E-state index in [1.807, 2.05) is 6.08 Å². The summed E-state index contributed by atoms with van der Waals surface area (Å²) in [6.07, 6.45) is 6.23. The molecule has 0 spiro atoms. The molecule has 0 bridgehead atoms. The van der Waals surface area contributed by atoms with E-state index in [9.17, 15) is 9.18 Å². The average Bonchev–Trinajstić information content (AvgIpc) is 2.83. The summed E-state index contributed by atoms with van der Waals surface area (Å²) in [6, 6.07) is 5.98. The Morgan fingerprint density at radius 1 is 1.10 bits per heavy atom. The largest absolute Gasteiger partial charge is 0.302 e. The summed E-state index contributed by atoms with van der Waals surface area (Å²) >= 11 is 0. The molecule has 0 radical (unpaired) electrons. The molecule has 20 heavy (non-hydrogen) atoms. The van der Waals surface area contributed by atoms with Gasteiger partial charge in [-0.15, -0.1) is 24.8 Å². The minimum atomic E-state index is -0.341. The van der Waals surface area contributed by atoms with Gasteiger partial charge in [0.2, 0.25) is 0 Å². The van der Waals surface area contributed by atoms with Crippen LogP contribution in [-0.2, 0) is 4.79 Å². The molecule has 3 rings (SSSR count). The first-order valence-corrected chi connectivity index (χ1v) is 5.55. The molecule has 1 aliphatic carbocycles. The zero-order valence-electron chi connectivity index (χ0n) is 10.2. The van der Waals surface area contributed by atoms with Gasteiger partial charge < -0.3 is 4.79 Å². The molecule has 0 amide bonds. The fourth-order valence-electron chi connectivity index (χ4n) is 1.93. The van der Waals surface area contributed by atoms with Crippen molar-refractivity contribution in [3.8, 4) is 0 Å². The van der Waals surface area contributed by atoms with E-state index in [-0.39, 0.29) is 36.5 Å². The number of aliphatic imine (C=N–C) groups is 2. The molecule has 0 saturated carbocycles. The summed E-state index contributed by atoms with van der Waals surface area (Å²) in [5.41, 5.74) is 2.10. The molecule has 2 aliphatic rings.